The Morgan fingerprint density at radius 2 is 1.36 bits per heavy atom. The van der Waals surface area contributed by atoms with Crippen molar-refractivity contribution in [3.63, 3.8) is 0 Å². The van der Waals surface area contributed by atoms with E-state index in [0.29, 0.717) is 11.8 Å². The van der Waals surface area contributed by atoms with E-state index in [9.17, 15) is 0 Å². The molecule has 2 aromatic rings. The summed E-state index contributed by atoms with van der Waals surface area (Å²) in [6.07, 6.45) is 1.83. The van der Waals surface area contributed by atoms with Crippen LogP contribution in [0, 0.1) is 0 Å². The van der Waals surface area contributed by atoms with Gasteiger partial charge in [-0.15, -0.1) is 5.69 Å². The predicted octanol–water partition coefficient (Wildman–Crippen LogP) is 8.16. The Kier molecular flexibility index (Phi) is 10.7. The van der Waals surface area contributed by atoms with E-state index in [0.717, 1.165) is 11.4 Å². The molecule has 2 nitrogen and oxygen atoms in total. The van der Waals surface area contributed by atoms with E-state index in [1.54, 1.807) is 0 Å². The van der Waals surface area contributed by atoms with Crippen molar-refractivity contribution >= 4 is 31.2 Å². The quantitative estimate of drug-likeness (QED) is 0.425. The van der Waals surface area contributed by atoms with Crippen molar-refractivity contribution in [2.24, 2.45) is 0 Å². The molecular weight excluding hydrogens is 454 g/mol. The first kappa shape index (κ1) is 23.0. The zero-order valence-electron chi connectivity index (χ0n) is 15.3. The molecular formula is C19H25Cl3N2Zr-. The molecule has 0 aliphatic heterocycles. The fourth-order valence-electron chi connectivity index (χ4n) is 2.54. The molecule has 1 atom stereocenters. The van der Waals surface area contributed by atoms with Gasteiger partial charge in [0, 0.05) is 11.9 Å². The number of rotatable bonds is 5. The number of hydrogen-bond donors (Lipinski definition) is 0. The minimum absolute atomic E-state index is 0.0728. The topological polar surface area (TPSA) is 27.0 Å². The molecule has 1 aromatic carbocycles. The van der Waals surface area contributed by atoms with Crippen LogP contribution in [0.3, 0.4) is 0 Å². The van der Waals surface area contributed by atoms with Gasteiger partial charge in [0.05, 0.1) is 0 Å². The summed E-state index contributed by atoms with van der Waals surface area (Å²) in [5.74, 6) is 0.941. The Balaban J connectivity index is 0.000000705. The number of benzene rings is 1. The van der Waals surface area contributed by atoms with E-state index in [1.807, 2.05) is 24.4 Å². The van der Waals surface area contributed by atoms with E-state index in [-0.39, 0.29) is 6.04 Å². The molecule has 0 aliphatic carbocycles. The van der Waals surface area contributed by atoms with Crippen LogP contribution in [0.15, 0.2) is 42.6 Å². The monoisotopic (exact) mass is 476 g/mol. The summed E-state index contributed by atoms with van der Waals surface area (Å²) >= 11 is -2.13. The van der Waals surface area contributed by atoms with Crippen LogP contribution in [-0.2, 0) is 18.2 Å². The number of para-hydroxylation sites is 1. The van der Waals surface area contributed by atoms with Crippen LogP contribution in [0.1, 0.15) is 69.3 Å². The molecule has 0 radical (unpaired) electrons. The molecule has 2 rings (SSSR count). The van der Waals surface area contributed by atoms with E-state index in [4.69, 9.17) is 30.9 Å². The Bertz CT molecular complexity index is 605. The molecule has 0 amide bonds. The van der Waals surface area contributed by atoms with Crippen LogP contribution in [0.4, 0.5) is 5.69 Å². The molecule has 0 bridgehead atoms. The summed E-state index contributed by atoms with van der Waals surface area (Å²) in [6, 6.07) is 12.6. The molecule has 1 heterocycles. The normalized spacial score (nSPS) is 11.8. The van der Waals surface area contributed by atoms with Gasteiger partial charge in [-0.3, -0.25) is 4.98 Å². The second-order valence-electron chi connectivity index (χ2n) is 6.37. The zero-order valence-corrected chi connectivity index (χ0v) is 20.0. The summed E-state index contributed by atoms with van der Waals surface area (Å²) < 4.78 is 0. The first-order valence-corrected chi connectivity index (χ1v) is 17.8. The van der Waals surface area contributed by atoms with Crippen molar-refractivity contribution in [1.29, 1.82) is 0 Å². The van der Waals surface area contributed by atoms with Crippen molar-refractivity contribution in [3.8, 4) is 0 Å². The molecule has 0 fully saturated rings. The molecule has 25 heavy (non-hydrogen) atoms. The Hall–Kier alpha value is -0.0769. The zero-order chi connectivity index (χ0) is 19.0. The minimum atomic E-state index is -2.13. The third kappa shape index (κ3) is 7.99. The Labute approximate surface area is 170 Å². The second kappa shape index (κ2) is 11.6. The fraction of sp³-hybridized carbons (Fsp3) is 0.421. The summed E-state index contributed by atoms with van der Waals surface area (Å²) in [6.45, 7) is 11.0. The van der Waals surface area contributed by atoms with E-state index < -0.39 is 18.2 Å². The number of hydrogen-bond acceptors (Lipinski definition) is 1. The van der Waals surface area contributed by atoms with Gasteiger partial charge >= 0.3 is 43.7 Å². The van der Waals surface area contributed by atoms with Gasteiger partial charge in [-0.25, -0.2) is 0 Å². The summed E-state index contributed by atoms with van der Waals surface area (Å²) in [4.78, 5) is 4.43. The molecule has 0 spiro atoms. The van der Waals surface area contributed by atoms with Crippen LogP contribution < -0.4 is 0 Å². The SMILES string of the molecule is CC(C)c1cccc(C(C)C)c1[N-]C(C)c1ccccn1.[Cl][Zr]([Cl])[Cl]. The standard InChI is InChI=1S/C19H25N2.3ClH.Zr/c1-13(2)16-9-8-10-17(14(3)4)19(16)21-15(5)18-11-6-7-12-20-18;;;;/h6-15H,1-5H3;3*1H;/q-1;;;;+3/p-3. The fourth-order valence-corrected chi connectivity index (χ4v) is 2.54. The van der Waals surface area contributed by atoms with Crippen molar-refractivity contribution in [2.45, 2.75) is 52.5 Å². The molecule has 0 saturated carbocycles. The average molecular weight is 479 g/mol. The number of pyridine rings is 1. The number of halogens is 3. The van der Waals surface area contributed by atoms with Gasteiger partial charge in [0.2, 0.25) is 0 Å². The van der Waals surface area contributed by atoms with Crippen LogP contribution >= 0.6 is 25.5 Å². The Morgan fingerprint density at radius 1 is 0.840 bits per heavy atom. The molecule has 0 saturated heterocycles. The summed E-state index contributed by atoms with van der Waals surface area (Å²) in [5.41, 5.74) is 4.82. The summed E-state index contributed by atoms with van der Waals surface area (Å²) in [5, 5.41) is 5.01. The van der Waals surface area contributed by atoms with Gasteiger partial charge < -0.3 is 5.32 Å². The van der Waals surface area contributed by atoms with Crippen molar-refractivity contribution in [1.82, 2.24) is 4.98 Å². The average Bonchev–Trinajstić information content (AvgIpc) is 2.54. The predicted molar refractivity (Wildman–Crippen MR) is 108 cm³/mol. The number of nitrogens with zero attached hydrogens (tertiary/aromatic N) is 2. The van der Waals surface area contributed by atoms with Gasteiger partial charge in [-0.1, -0.05) is 76.1 Å². The van der Waals surface area contributed by atoms with Gasteiger partial charge in [0.1, 0.15) is 0 Å². The molecule has 0 N–H and O–H groups in total. The van der Waals surface area contributed by atoms with Crippen LogP contribution in [-0.4, -0.2) is 4.98 Å². The third-order valence-electron chi connectivity index (χ3n) is 3.78. The Morgan fingerprint density at radius 3 is 1.76 bits per heavy atom. The van der Waals surface area contributed by atoms with Crippen molar-refractivity contribution in [2.75, 3.05) is 0 Å². The first-order valence-electron chi connectivity index (χ1n) is 8.32. The molecule has 137 valence electrons. The third-order valence-corrected chi connectivity index (χ3v) is 3.78. The molecule has 6 heteroatoms. The van der Waals surface area contributed by atoms with Crippen LogP contribution in [0.25, 0.3) is 5.32 Å². The van der Waals surface area contributed by atoms with Crippen LogP contribution in [0.2, 0.25) is 0 Å². The molecule has 1 aromatic heterocycles. The summed E-state index contributed by atoms with van der Waals surface area (Å²) in [7, 11) is 15.0. The van der Waals surface area contributed by atoms with Gasteiger partial charge in [0.15, 0.2) is 0 Å². The van der Waals surface area contributed by atoms with Crippen molar-refractivity contribution < 1.29 is 18.2 Å². The van der Waals surface area contributed by atoms with E-state index in [2.05, 4.69) is 57.8 Å². The van der Waals surface area contributed by atoms with Crippen molar-refractivity contribution in [3.05, 3.63) is 64.7 Å². The molecule has 0 aliphatic rings. The first-order chi connectivity index (χ1) is 11.7. The maximum atomic E-state index is 5.01. The number of aromatic nitrogens is 1. The van der Waals surface area contributed by atoms with Gasteiger partial charge in [0.25, 0.3) is 0 Å². The molecule has 1 unspecified atom stereocenters. The maximum absolute atomic E-state index is 5.01. The van der Waals surface area contributed by atoms with E-state index in [1.165, 1.54) is 11.1 Å². The van der Waals surface area contributed by atoms with Crippen LogP contribution in [0.5, 0.6) is 0 Å². The van der Waals surface area contributed by atoms with E-state index >= 15 is 0 Å². The van der Waals surface area contributed by atoms with Gasteiger partial charge in [-0.2, -0.15) is 0 Å². The second-order valence-corrected chi connectivity index (χ2v) is 17.6. The van der Waals surface area contributed by atoms with Gasteiger partial charge in [-0.05, 0) is 24.0 Å².